The normalized spacial score (nSPS) is 12.1. The van der Waals surface area contributed by atoms with Crippen molar-refractivity contribution in [3.8, 4) is 5.75 Å². The van der Waals surface area contributed by atoms with Crippen molar-refractivity contribution in [1.29, 1.82) is 0 Å². The summed E-state index contributed by atoms with van der Waals surface area (Å²) in [5.74, 6) is -0.257. The van der Waals surface area contributed by atoms with E-state index in [1.54, 1.807) is 10.9 Å². The van der Waals surface area contributed by atoms with Gasteiger partial charge in [0, 0.05) is 12.6 Å². The lowest BCUT2D eigenvalue weighted by molar-refractivity contribution is -0.138. The van der Waals surface area contributed by atoms with Gasteiger partial charge in [-0.15, -0.1) is 5.10 Å². The van der Waals surface area contributed by atoms with Gasteiger partial charge in [0.2, 0.25) is 0 Å². The van der Waals surface area contributed by atoms with Gasteiger partial charge >= 0.3 is 5.97 Å². The molecule has 0 fully saturated rings. The number of hydrogen-bond acceptors (Lipinski definition) is 5. The maximum atomic E-state index is 10.6. The molecule has 1 aromatic carbocycles. The maximum absolute atomic E-state index is 10.6. The van der Waals surface area contributed by atoms with E-state index in [0.29, 0.717) is 18.8 Å². The molecule has 0 spiro atoms. The van der Waals surface area contributed by atoms with Crippen molar-refractivity contribution >= 4 is 5.97 Å². The van der Waals surface area contributed by atoms with E-state index in [9.17, 15) is 4.79 Å². The molecule has 0 amide bonds. The fraction of sp³-hybridized carbons (Fsp3) is 0.308. The molecular formula is C13H16N4O3. The van der Waals surface area contributed by atoms with Crippen LogP contribution in [-0.4, -0.2) is 38.7 Å². The standard InChI is InChI=1S/C13H16N4O3/c14-12(13(18)19)8-10-9-17(16-15-10)6-7-20-11-4-2-1-3-5-11/h1-5,9,12H,6-8,14H2,(H,18,19). The lowest BCUT2D eigenvalue weighted by Crippen LogP contribution is -2.32. The van der Waals surface area contributed by atoms with E-state index in [-0.39, 0.29) is 6.42 Å². The molecule has 1 aromatic heterocycles. The van der Waals surface area contributed by atoms with Crippen molar-refractivity contribution in [1.82, 2.24) is 15.0 Å². The molecule has 0 bridgehead atoms. The zero-order valence-electron chi connectivity index (χ0n) is 10.8. The van der Waals surface area contributed by atoms with Crippen molar-refractivity contribution < 1.29 is 14.6 Å². The first-order chi connectivity index (χ1) is 9.65. The van der Waals surface area contributed by atoms with Gasteiger partial charge in [-0.2, -0.15) is 0 Å². The Labute approximate surface area is 116 Å². The Morgan fingerprint density at radius 1 is 1.40 bits per heavy atom. The van der Waals surface area contributed by atoms with Crippen LogP contribution in [0.3, 0.4) is 0 Å². The summed E-state index contributed by atoms with van der Waals surface area (Å²) < 4.78 is 7.14. The largest absolute Gasteiger partial charge is 0.492 e. The lowest BCUT2D eigenvalue weighted by Gasteiger charge is -2.05. The second-order valence-corrected chi connectivity index (χ2v) is 4.28. The van der Waals surface area contributed by atoms with E-state index in [2.05, 4.69) is 10.3 Å². The Hall–Kier alpha value is -2.41. The first-order valence-corrected chi connectivity index (χ1v) is 6.20. The number of benzene rings is 1. The van der Waals surface area contributed by atoms with Gasteiger partial charge < -0.3 is 15.6 Å². The molecule has 0 saturated heterocycles. The fourth-order valence-electron chi connectivity index (χ4n) is 1.63. The molecule has 2 rings (SSSR count). The molecule has 106 valence electrons. The third-order valence-electron chi connectivity index (χ3n) is 2.66. The molecule has 7 heteroatoms. The molecule has 0 aliphatic rings. The summed E-state index contributed by atoms with van der Waals surface area (Å²) in [4.78, 5) is 10.6. The highest BCUT2D eigenvalue weighted by atomic mass is 16.5. The number of carboxylic acid groups (broad SMARTS) is 1. The highest BCUT2D eigenvalue weighted by Crippen LogP contribution is 2.08. The van der Waals surface area contributed by atoms with Crippen molar-refractivity contribution in [2.45, 2.75) is 19.0 Å². The smallest absolute Gasteiger partial charge is 0.320 e. The van der Waals surface area contributed by atoms with E-state index in [1.165, 1.54) is 0 Å². The van der Waals surface area contributed by atoms with Crippen LogP contribution in [0.1, 0.15) is 5.69 Å². The molecule has 1 unspecified atom stereocenters. The SMILES string of the molecule is NC(Cc1cn(CCOc2ccccc2)nn1)C(=O)O. The highest BCUT2D eigenvalue weighted by molar-refractivity contribution is 5.73. The first-order valence-electron chi connectivity index (χ1n) is 6.20. The quantitative estimate of drug-likeness (QED) is 0.754. The first kappa shape index (κ1) is 14.0. The molecule has 2 aromatic rings. The molecule has 0 aliphatic heterocycles. The Bertz CT molecular complexity index is 556. The Morgan fingerprint density at radius 3 is 2.85 bits per heavy atom. The highest BCUT2D eigenvalue weighted by Gasteiger charge is 2.14. The van der Waals surface area contributed by atoms with E-state index < -0.39 is 12.0 Å². The molecule has 1 atom stereocenters. The van der Waals surface area contributed by atoms with Gasteiger partial charge in [-0.3, -0.25) is 4.79 Å². The molecule has 0 saturated carbocycles. The van der Waals surface area contributed by atoms with Gasteiger partial charge in [0.05, 0.1) is 12.2 Å². The molecule has 20 heavy (non-hydrogen) atoms. The minimum atomic E-state index is -1.05. The number of hydrogen-bond donors (Lipinski definition) is 2. The van der Waals surface area contributed by atoms with Crippen LogP contribution < -0.4 is 10.5 Å². The number of aromatic nitrogens is 3. The third-order valence-corrected chi connectivity index (χ3v) is 2.66. The van der Waals surface area contributed by atoms with Gasteiger partial charge in [0.15, 0.2) is 0 Å². The second kappa shape index (κ2) is 6.67. The summed E-state index contributed by atoms with van der Waals surface area (Å²) in [5.41, 5.74) is 5.99. The predicted octanol–water partition coefficient (Wildman–Crippen LogP) is 0.311. The van der Waals surface area contributed by atoms with E-state index in [4.69, 9.17) is 15.6 Å². The van der Waals surface area contributed by atoms with Crippen molar-refractivity contribution in [3.63, 3.8) is 0 Å². The van der Waals surface area contributed by atoms with E-state index >= 15 is 0 Å². The minimum absolute atomic E-state index is 0.162. The van der Waals surface area contributed by atoms with Gasteiger partial charge in [-0.1, -0.05) is 23.4 Å². The molecule has 0 radical (unpaired) electrons. The summed E-state index contributed by atoms with van der Waals surface area (Å²) in [6.45, 7) is 0.988. The second-order valence-electron chi connectivity index (χ2n) is 4.28. The Morgan fingerprint density at radius 2 is 2.15 bits per heavy atom. The van der Waals surface area contributed by atoms with Crippen LogP contribution in [0.4, 0.5) is 0 Å². The van der Waals surface area contributed by atoms with Crippen LogP contribution >= 0.6 is 0 Å². The van der Waals surface area contributed by atoms with Crippen LogP contribution in [0.25, 0.3) is 0 Å². The molecule has 3 N–H and O–H groups in total. The lowest BCUT2D eigenvalue weighted by atomic mass is 10.2. The number of carboxylic acids is 1. The van der Waals surface area contributed by atoms with Gasteiger partial charge in [0.25, 0.3) is 0 Å². The Kier molecular flexibility index (Phi) is 4.67. The zero-order valence-corrected chi connectivity index (χ0v) is 10.8. The van der Waals surface area contributed by atoms with Crippen LogP contribution in [0.5, 0.6) is 5.75 Å². The molecular weight excluding hydrogens is 260 g/mol. The van der Waals surface area contributed by atoms with E-state index in [1.807, 2.05) is 30.3 Å². The summed E-state index contributed by atoms with van der Waals surface area (Å²) >= 11 is 0. The van der Waals surface area contributed by atoms with Crippen LogP contribution in [0, 0.1) is 0 Å². The molecule has 1 heterocycles. The van der Waals surface area contributed by atoms with Crippen molar-refractivity contribution in [2.24, 2.45) is 5.73 Å². The molecule has 0 aliphatic carbocycles. The number of nitrogens with zero attached hydrogens (tertiary/aromatic N) is 3. The predicted molar refractivity (Wildman–Crippen MR) is 71.3 cm³/mol. The van der Waals surface area contributed by atoms with Crippen LogP contribution in [-0.2, 0) is 17.8 Å². The molecule has 7 nitrogen and oxygen atoms in total. The van der Waals surface area contributed by atoms with Crippen molar-refractivity contribution in [2.75, 3.05) is 6.61 Å². The maximum Gasteiger partial charge on any atom is 0.320 e. The number of carbonyl (C=O) groups is 1. The number of rotatable bonds is 7. The summed E-state index contributed by atoms with van der Waals surface area (Å²) in [6.07, 6.45) is 1.84. The number of aliphatic carboxylic acids is 1. The topological polar surface area (TPSA) is 103 Å². The number of para-hydroxylation sites is 1. The summed E-state index contributed by atoms with van der Waals surface area (Å²) in [7, 11) is 0. The van der Waals surface area contributed by atoms with Crippen LogP contribution in [0.15, 0.2) is 36.5 Å². The summed E-state index contributed by atoms with van der Waals surface area (Å²) in [5, 5.41) is 16.5. The summed E-state index contributed by atoms with van der Waals surface area (Å²) in [6, 6.07) is 8.51. The zero-order chi connectivity index (χ0) is 14.4. The fourth-order valence-corrected chi connectivity index (χ4v) is 1.63. The monoisotopic (exact) mass is 276 g/mol. The van der Waals surface area contributed by atoms with Crippen LogP contribution in [0.2, 0.25) is 0 Å². The van der Waals surface area contributed by atoms with Gasteiger partial charge in [0.1, 0.15) is 18.4 Å². The number of nitrogens with two attached hydrogens (primary N) is 1. The van der Waals surface area contributed by atoms with Gasteiger partial charge in [-0.05, 0) is 12.1 Å². The van der Waals surface area contributed by atoms with E-state index in [0.717, 1.165) is 5.75 Å². The van der Waals surface area contributed by atoms with Gasteiger partial charge in [-0.25, -0.2) is 4.68 Å². The average Bonchev–Trinajstić information content (AvgIpc) is 2.87. The third kappa shape index (κ3) is 4.06. The number of ether oxygens (including phenoxy) is 1. The Balaban J connectivity index is 1.79. The van der Waals surface area contributed by atoms with Crippen molar-refractivity contribution in [3.05, 3.63) is 42.2 Å². The average molecular weight is 276 g/mol. The minimum Gasteiger partial charge on any atom is -0.492 e.